The van der Waals surface area contributed by atoms with Crippen LogP contribution in [-0.4, -0.2) is 90.3 Å². The van der Waals surface area contributed by atoms with Crippen molar-refractivity contribution in [2.45, 2.75) is 19.4 Å². The van der Waals surface area contributed by atoms with Gasteiger partial charge in [0.25, 0.3) is 0 Å². The molecule has 3 fully saturated rings. The van der Waals surface area contributed by atoms with Gasteiger partial charge in [-0.15, -0.1) is 0 Å². The summed E-state index contributed by atoms with van der Waals surface area (Å²) in [7, 11) is 4.22. The Labute approximate surface area is 217 Å². The van der Waals surface area contributed by atoms with E-state index in [-0.39, 0.29) is 11.3 Å². The molecule has 6 rings (SSSR count). The van der Waals surface area contributed by atoms with Crippen molar-refractivity contribution in [3.63, 3.8) is 0 Å². The molecule has 3 aliphatic rings. The van der Waals surface area contributed by atoms with E-state index in [0.29, 0.717) is 11.6 Å². The van der Waals surface area contributed by atoms with E-state index in [0.717, 1.165) is 84.9 Å². The Balaban J connectivity index is 1.43. The van der Waals surface area contributed by atoms with Crippen LogP contribution in [0.5, 0.6) is 0 Å². The molecule has 1 N–H and O–H groups in total. The fraction of sp³-hybridized carbons (Fsp3) is 0.429. The van der Waals surface area contributed by atoms with Crippen molar-refractivity contribution >= 4 is 28.4 Å². The van der Waals surface area contributed by atoms with Crippen LogP contribution in [-0.2, 0) is 4.79 Å². The van der Waals surface area contributed by atoms with Crippen LogP contribution in [0.3, 0.4) is 0 Å². The van der Waals surface area contributed by atoms with E-state index in [2.05, 4.69) is 70.7 Å². The molecule has 1 amide bonds. The highest BCUT2D eigenvalue weighted by molar-refractivity contribution is 5.99. The predicted octanol–water partition coefficient (Wildman–Crippen LogP) is 2.78. The molecular weight excluding hydrogens is 464 g/mol. The first-order valence-corrected chi connectivity index (χ1v) is 12.8. The average molecular weight is 497 g/mol. The number of carbonyl (C=O) groups is 1. The molecule has 0 saturated carbocycles. The van der Waals surface area contributed by atoms with Crippen LogP contribution in [0.15, 0.2) is 37.1 Å². The largest absolute Gasteiger partial charge is 0.355 e. The maximum absolute atomic E-state index is 12.1. The van der Waals surface area contributed by atoms with Crippen LogP contribution in [0.4, 0.5) is 11.6 Å². The highest BCUT2D eigenvalue weighted by Crippen LogP contribution is 2.44. The summed E-state index contributed by atoms with van der Waals surface area (Å²) in [6, 6.07) is 9.20. The number of anilines is 2. The Morgan fingerprint density at radius 1 is 1.27 bits per heavy atom. The minimum Gasteiger partial charge on any atom is -0.355 e. The molecule has 3 saturated heterocycles. The quantitative estimate of drug-likeness (QED) is 0.543. The van der Waals surface area contributed by atoms with Gasteiger partial charge in [0.15, 0.2) is 0 Å². The van der Waals surface area contributed by atoms with Gasteiger partial charge in [-0.3, -0.25) is 9.89 Å². The third kappa shape index (κ3) is 3.75. The van der Waals surface area contributed by atoms with Crippen LogP contribution in [0, 0.1) is 23.7 Å². The lowest BCUT2D eigenvalue weighted by molar-refractivity contribution is -0.136. The molecule has 37 heavy (non-hydrogen) atoms. The number of carbonyl (C=O) groups excluding carboxylic acids is 1. The standard InChI is InChI=1S/C28H32N8O/c1-5-25(37)36-16-28(17-36)8-9-34(15-28)27-21(11-29)20(10-24(31-27)35-13-19(14-35)33(3)4)26-18(2)6-7-23-22(26)12-30-32-23/h5-7,10,12,19H,1,8-9,13-17H2,2-4H3,(H,30,32). The smallest absolute Gasteiger partial charge is 0.245 e. The highest BCUT2D eigenvalue weighted by atomic mass is 16.2. The van der Waals surface area contributed by atoms with Crippen LogP contribution in [0.25, 0.3) is 22.0 Å². The third-order valence-electron chi connectivity index (χ3n) is 8.39. The number of nitrogens with one attached hydrogen (secondary N) is 1. The molecule has 190 valence electrons. The van der Waals surface area contributed by atoms with E-state index in [4.69, 9.17) is 4.98 Å². The summed E-state index contributed by atoms with van der Waals surface area (Å²) in [6.07, 6.45) is 4.20. The minimum absolute atomic E-state index is 0.0129. The van der Waals surface area contributed by atoms with Gasteiger partial charge in [0.1, 0.15) is 23.3 Å². The van der Waals surface area contributed by atoms with Crippen LogP contribution >= 0.6 is 0 Å². The number of H-pyrrole nitrogens is 1. The summed E-state index contributed by atoms with van der Waals surface area (Å²) >= 11 is 0. The summed E-state index contributed by atoms with van der Waals surface area (Å²) in [5.74, 6) is 1.63. The van der Waals surface area contributed by atoms with Crippen LogP contribution < -0.4 is 9.80 Å². The minimum atomic E-state index is -0.0129. The second-order valence-electron chi connectivity index (χ2n) is 11.0. The molecule has 1 aromatic carbocycles. The van der Waals surface area contributed by atoms with Crippen molar-refractivity contribution in [2.24, 2.45) is 5.41 Å². The van der Waals surface area contributed by atoms with Gasteiger partial charge in [-0.1, -0.05) is 12.6 Å². The highest BCUT2D eigenvalue weighted by Gasteiger charge is 2.49. The molecule has 3 aromatic rings. The first kappa shape index (κ1) is 23.5. The summed E-state index contributed by atoms with van der Waals surface area (Å²) in [5.41, 5.74) is 4.62. The molecule has 9 nitrogen and oxygen atoms in total. The molecular formula is C28H32N8O. The average Bonchev–Trinajstić information content (AvgIpc) is 3.48. The number of benzene rings is 1. The second-order valence-corrected chi connectivity index (χ2v) is 11.0. The number of fused-ring (bicyclic) bond motifs is 1. The van der Waals surface area contributed by atoms with Crippen molar-refractivity contribution < 1.29 is 4.79 Å². The molecule has 2 aromatic heterocycles. The van der Waals surface area contributed by atoms with Gasteiger partial charge >= 0.3 is 0 Å². The topological polar surface area (TPSA) is 95.4 Å². The Hall–Kier alpha value is -3.90. The molecule has 5 heterocycles. The summed E-state index contributed by atoms with van der Waals surface area (Å²) < 4.78 is 0. The van der Waals surface area contributed by atoms with Crippen LogP contribution in [0.2, 0.25) is 0 Å². The zero-order chi connectivity index (χ0) is 25.9. The van der Waals surface area contributed by atoms with Crippen LogP contribution in [0.1, 0.15) is 17.5 Å². The van der Waals surface area contributed by atoms with E-state index < -0.39 is 0 Å². The van der Waals surface area contributed by atoms with E-state index in [9.17, 15) is 10.1 Å². The molecule has 1 spiro atoms. The lowest BCUT2D eigenvalue weighted by Gasteiger charge is -2.47. The van der Waals surface area contributed by atoms with Gasteiger partial charge in [-0.05, 0) is 56.8 Å². The maximum Gasteiger partial charge on any atom is 0.245 e. The normalized spacial score (nSPS) is 18.8. The number of likely N-dealkylation sites (tertiary alicyclic amines) is 1. The third-order valence-corrected chi connectivity index (χ3v) is 8.39. The molecule has 0 atom stereocenters. The van der Waals surface area contributed by atoms with E-state index in [1.807, 2.05) is 17.2 Å². The number of aromatic amines is 1. The van der Waals surface area contributed by atoms with Gasteiger partial charge in [0, 0.05) is 61.7 Å². The molecule has 0 unspecified atom stereocenters. The van der Waals surface area contributed by atoms with E-state index in [1.54, 1.807) is 0 Å². The Morgan fingerprint density at radius 3 is 2.76 bits per heavy atom. The number of hydrogen-bond acceptors (Lipinski definition) is 7. The number of nitriles is 1. The van der Waals surface area contributed by atoms with Gasteiger partial charge in [-0.2, -0.15) is 10.4 Å². The monoisotopic (exact) mass is 496 g/mol. The van der Waals surface area contributed by atoms with E-state index in [1.165, 1.54) is 6.08 Å². The Morgan fingerprint density at radius 2 is 2.05 bits per heavy atom. The number of likely N-dealkylation sites (N-methyl/N-ethyl adjacent to an activating group) is 1. The number of aromatic nitrogens is 3. The lowest BCUT2D eigenvalue weighted by Crippen LogP contribution is -2.59. The van der Waals surface area contributed by atoms with Gasteiger partial charge in [0.05, 0.1) is 11.7 Å². The van der Waals surface area contributed by atoms with Crippen molar-refractivity contribution in [1.29, 1.82) is 5.26 Å². The maximum atomic E-state index is 12.1. The van der Waals surface area contributed by atoms with Crippen molar-refractivity contribution in [1.82, 2.24) is 25.0 Å². The fourth-order valence-corrected chi connectivity index (χ4v) is 6.09. The van der Waals surface area contributed by atoms with Crippen molar-refractivity contribution in [3.05, 3.63) is 48.2 Å². The van der Waals surface area contributed by atoms with Crippen molar-refractivity contribution in [2.75, 3.05) is 63.2 Å². The zero-order valence-corrected chi connectivity index (χ0v) is 21.7. The fourth-order valence-electron chi connectivity index (χ4n) is 6.09. The van der Waals surface area contributed by atoms with Gasteiger partial charge in [0.2, 0.25) is 5.91 Å². The SMILES string of the molecule is C=CC(=O)N1CC2(CCN(c3nc(N4CC(N(C)C)C4)cc(-c4c(C)ccc5[nH]ncc45)c3C#N)C2)C1. The lowest BCUT2D eigenvalue weighted by atomic mass is 9.79. The molecule has 0 radical (unpaired) electrons. The Kier molecular flexibility index (Phi) is 5.46. The molecule has 3 aliphatic heterocycles. The molecule has 0 aliphatic carbocycles. The number of nitrogens with zero attached hydrogens (tertiary/aromatic N) is 7. The number of rotatable bonds is 5. The number of amides is 1. The predicted molar refractivity (Wildman–Crippen MR) is 145 cm³/mol. The summed E-state index contributed by atoms with van der Waals surface area (Å²) in [6.45, 7) is 10.6. The van der Waals surface area contributed by atoms with Gasteiger partial charge in [-0.25, -0.2) is 4.98 Å². The number of aryl methyl sites for hydroxylation is 1. The van der Waals surface area contributed by atoms with E-state index >= 15 is 0 Å². The summed E-state index contributed by atoms with van der Waals surface area (Å²) in [5, 5.41) is 18.8. The summed E-state index contributed by atoms with van der Waals surface area (Å²) in [4.78, 5) is 25.8. The first-order valence-electron chi connectivity index (χ1n) is 12.8. The first-order chi connectivity index (χ1) is 17.8. The van der Waals surface area contributed by atoms with Gasteiger partial charge < -0.3 is 19.6 Å². The zero-order valence-electron chi connectivity index (χ0n) is 21.7. The second kappa shape index (κ2) is 8.60. The number of hydrogen-bond donors (Lipinski definition) is 1. The van der Waals surface area contributed by atoms with Crippen molar-refractivity contribution in [3.8, 4) is 17.2 Å². The Bertz CT molecular complexity index is 1440. The number of pyridine rings is 1. The molecule has 0 bridgehead atoms. The molecule has 9 heteroatoms.